The first kappa shape index (κ1) is 12.9. The van der Waals surface area contributed by atoms with Gasteiger partial charge in [-0.05, 0) is 44.8 Å². The molecule has 2 N–H and O–H groups in total. The summed E-state index contributed by atoms with van der Waals surface area (Å²) in [6.45, 7) is 9.32. The summed E-state index contributed by atoms with van der Waals surface area (Å²) in [5.41, 5.74) is 0.408. The molecule has 0 saturated carbocycles. The molecule has 0 aliphatic carbocycles. The van der Waals surface area contributed by atoms with E-state index in [4.69, 9.17) is 0 Å². The molecule has 1 rings (SSSR count). The molecule has 90 valence electrons. The topological polar surface area (TPSA) is 27.3 Å². The Hall–Kier alpha value is -0.120. The fourth-order valence-corrected chi connectivity index (χ4v) is 2.46. The highest BCUT2D eigenvalue weighted by molar-refractivity contribution is 4.84. The van der Waals surface area contributed by atoms with E-state index in [1.165, 1.54) is 25.9 Å². The van der Waals surface area contributed by atoms with Gasteiger partial charge in [-0.2, -0.15) is 0 Å². The highest BCUT2D eigenvalue weighted by Gasteiger charge is 2.31. The Bertz CT molecular complexity index is 180. The maximum atomic E-state index is 3.46. The lowest BCUT2D eigenvalue weighted by molar-refractivity contribution is 0.103. The van der Waals surface area contributed by atoms with Crippen LogP contribution in [0, 0.1) is 11.3 Å². The Morgan fingerprint density at radius 1 is 1.40 bits per heavy atom. The highest BCUT2D eigenvalue weighted by atomic mass is 15.1. The van der Waals surface area contributed by atoms with Crippen LogP contribution >= 0.6 is 0 Å². The van der Waals surface area contributed by atoms with Gasteiger partial charge in [0.25, 0.3) is 0 Å². The summed E-state index contributed by atoms with van der Waals surface area (Å²) in [7, 11) is 4.22. The predicted octanol–water partition coefficient (Wildman–Crippen LogP) is 1.12. The Balaban J connectivity index is 2.37. The molecule has 3 heteroatoms. The van der Waals surface area contributed by atoms with Crippen LogP contribution in [0.15, 0.2) is 0 Å². The molecule has 1 fully saturated rings. The van der Waals surface area contributed by atoms with Gasteiger partial charge in [-0.3, -0.25) is 0 Å². The average Bonchev–Trinajstić information content (AvgIpc) is 2.18. The van der Waals surface area contributed by atoms with E-state index in [2.05, 4.69) is 36.4 Å². The summed E-state index contributed by atoms with van der Waals surface area (Å²) in [6.07, 6.45) is 2.75. The molecule has 1 aliphatic rings. The van der Waals surface area contributed by atoms with E-state index in [0.29, 0.717) is 5.41 Å². The Morgan fingerprint density at radius 2 is 2.13 bits per heavy atom. The molecule has 1 saturated heterocycles. The lowest BCUT2D eigenvalue weighted by Gasteiger charge is -2.40. The molecule has 1 aliphatic heterocycles. The fraction of sp³-hybridized carbons (Fsp3) is 1.00. The van der Waals surface area contributed by atoms with Gasteiger partial charge in [0.2, 0.25) is 0 Å². The summed E-state index contributed by atoms with van der Waals surface area (Å²) in [5, 5.41) is 6.59. The highest BCUT2D eigenvalue weighted by Crippen LogP contribution is 2.32. The Kier molecular flexibility index (Phi) is 5.03. The van der Waals surface area contributed by atoms with Gasteiger partial charge in [0.1, 0.15) is 0 Å². The van der Waals surface area contributed by atoms with Crippen molar-refractivity contribution in [1.29, 1.82) is 0 Å². The van der Waals surface area contributed by atoms with Crippen LogP contribution in [0.5, 0.6) is 0 Å². The quantitative estimate of drug-likeness (QED) is 0.529. The van der Waals surface area contributed by atoms with Crippen LogP contribution in [0.1, 0.15) is 26.7 Å². The monoisotopic (exact) mass is 213 g/mol. The van der Waals surface area contributed by atoms with E-state index in [1.54, 1.807) is 0 Å². The third kappa shape index (κ3) is 4.09. The second-order valence-corrected chi connectivity index (χ2v) is 5.55. The zero-order valence-electron chi connectivity index (χ0n) is 10.8. The fourth-order valence-electron chi connectivity index (χ4n) is 2.46. The van der Waals surface area contributed by atoms with Gasteiger partial charge in [0.15, 0.2) is 0 Å². The van der Waals surface area contributed by atoms with Crippen LogP contribution in [0.4, 0.5) is 0 Å². The molecule has 1 unspecified atom stereocenters. The molecular weight excluding hydrogens is 186 g/mol. The first-order valence-electron chi connectivity index (χ1n) is 6.10. The summed E-state index contributed by atoms with van der Waals surface area (Å²) in [5.74, 6) is 0.834. The van der Waals surface area contributed by atoms with E-state index in [-0.39, 0.29) is 0 Å². The second-order valence-electron chi connectivity index (χ2n) is 5.55. The van der Waals surface area contributed by atoms with Gasteiger partial charge in [0.05, 0.1) is 0 Å². The van der Waals surface area contributed by atoms with Crippen molar-refractivity contribution in [1.82, 2.24) is 15.5 Å². The number of likely N-dealkylation sites (tertiary alicyclic amines) is 1. The van der Waals surface area contributed by atoms with E-state index < -0.39 is 0 Å². The van der Waals surface area contributed by atoms with Crippen molar-refractivity contribution < 1.29 is 0 Å². The Morgan fingerprint density at radius 3 is 2.73 bits per heavy atom. The molecule has 0 aromatic rings. The molecule has 0 aromatic carbocycles. The third-order valence-corrected chi connectivity index (χ3v) is 3.61. The Labute approximate surface area is 94.6 Å². The van der Waals surface area contributed by atoms with E-state index in [9.17, 15) is 0 Å². The zero-order chi connectivity index (χ0) is 11.3. The van der Waals surface area contributed by atoms with Crippen molar-refractivity contribution in [2.45, 2.75) is 26.7 Å². The molecule has 0 aromatic heterocycles. The molecule has 0 amide bonds. The minimum atomic E-state index is 0.408. The van der Waals surface area contributed by atoms with Crippen molar-refractivity contribution in [2.24, 2.45) is 11.3 Å². The molecule has 1 heterocycles. The van der Waals surface area contributed by atoms with E-state index in [0.717, 1.165) is 19.1 Å². The van der Waals surface area contributed by atoms with Crippen molar-refractivity contribution in [3.8, 4) is 0 Å². The van der Waals surface area contributed by atoms with Crippen LogP contribution in [0.2, 0.25) is 0 Å². The maximum absolute atomic E-state index is 3.46. The van der Waals surface area contributed by atoms with Gasteiger partial charge in [-0.25, -0.2) is 0 Å². The predicted molar refractivity (Wildman–Crippen MR) is 65.9 cm³/mol. The molecule has 3 nitrogen and oxygen atoms in total. The van der Waals surface area contributed by atoms with Gasteiger partial charge in [-0.15, -0.1) is 0 Å². The second kappa shape index (κ2) is 5.83. The van der Waals surface area contributed by atoms with Crippen molar-refractivity contribution >= 4 is 0 Å². The average molecular weight is 213 g/mol. The number of nitrogens with one attached hydrogen (secondary N) is 2. The number of rotatable bonds is 5. The van der Waals surface area contributed by atoms with E-state index >= 15 is 0 Å². The number of nitrogens with zero attached hydrogens (tertiary/aromatic N) is 1. The van der Waals surface area contributed by atoms with Gasteiger partial charge < -0.3 is 15.5 Å². The SMILES string of the molecule is CNCNCC(C)(C)C1CCCN(C)C1. The van der Waals surface area contributed by atoms with Crippen LogP contribution < -0.4 is 10.6 Å². The lowest BCUT2D eigenvalue weighted by Crippen LogP contribution is -2.45. The standard InChI is InChI=1S/C12H27N3/c1-12(2,9-14-10-13-3)11-6-5-7-15(4)8-11/h11,13-14H,5-10H2,1-4H3. The molecule has 1 atom stereocenters. The first-order chi connectivity index (χ1) is 7.06. The number of hydrogen-bond acceptors (Lipinski definition) is 3. The summed E-state index contributed by atoms with van der Waals surface area (Å²) < 4.78 is 0. The minimum Gasteiger partial charge on any atom is -0.308 e. The maximum Gasteiger partial charge on any atom is 0.0451 e. The number of hydrogen-bond donors (Lipinski definition) is 2. The lowest BCUT2D eigenvalue weighted by atomic mass is 9.74. The molecular formula is C12H27N3. The van der Waals surface area contributed by atoms with Crippen LogP contribution in [-0.2, 0) is 0 Å². The summed E-state index contributed by atoms with van der Waals surface area (Å²) in [6, 6.07) is 0. The summed E-state index contributed by atoms with van der Waals surface area (Å²) in [4.78, 5) is 2.47. The first-order valence-corrected chi connectivity index (χ1v) is 6.10. The zero-order valence-corrected chi connectivity index (χ0v) is 10.8. The molecule has 0 spiro atoms. The van der Waals surface area contributed by atoms with Gasteiger partial charge >= 0.3 is 0 Å². The van der Waals surface area contributed by atoms with Gasteiger partial charge in [0, 0.05) is 19.8 Å². The van der Waals surface area contributed by atoms with E-state index in [1.807, 2.05) is 7.05 Å². The normalized spacial score (nSPS) is 24.4. The molecule has 0 bridgehead atoms. The van der Waals surface area contributed by atoms with Crippen molar-refractivity contribution in [3.05, 3.63) is 0 Å². The van der Waals surface area contributed by atoms with Crippen LogP contribution in [-0.4, -0.2) is 45.3 Å². The molecule has 15 heavy (non-hydrogen) atoms. The van der Waals surface area contributed by atoms with Crippen LogP contribution in [0.25, 0.3) is 0 Å². The molecule has 0 radical (unpaired) electrons. The smallest absolute Gasteiger partial charge is 0.0451 e. The summed E-state index contributed by atoms with van der Waals surface area (Å²) >= 11 is 0. The van der Waals surface area contributed by atoms with Crippen molar-refractivity contribution in [2.75, 3.05) is 40.4 Å². The third-order valence-electron chi connectivity index (χ3n) is 3.61. The van der Waals surface area contributed by atoms with Crippen molar-refractivity contribution in [3.63, 3.8) is 0 Å². The minimum absolute atomic E-state index is 0.408. The number of piperidine rings is 1. The van der Waals surface area contributed by atoms with Crippen LogP contribution in [0.3, 0.4) is 0 Å². The van der Waals surface area contributed by atoms with Gasteiger partial charge in [-0.1, -0.05) is 13.8 Å². The largest absolute Gasteiger partial charge is 0.308 e.